The number of nitrogens with zero attached hydrogens (tertiary/aromatic N) is 4. The van der Waals surface area contributed by atoms with E-state index in [1.54, 1.807) is 11.3 Å². The van der Waals surface area contributed by atoms with Gasteiger partial charge >= 0.3 is 0 Å². The van der Waals surface area contributed by atoms with E-state index in [0.717, 1.165) is 96.2 Å². The third-order valence-electron chi connectivity index (χ3n) is 8.11. The summed E-state index contributed by atoms with van der Waals surface area (Å²) in [5.74, 6) is 1.77. The van der Waals surface area contributed by atoms with E-state index >= 15 is 0 Å². The standard InChI is InChI=1S/C27H38N6O2S/c1-5-27(34,6-2)18-7-8-20(15-18)30-24-22(25-32-23-17(4)28-12-9-21(23)36-25)16(3)29-26(33-24)31-19-10-13-35-14-11-19/h9,12,18-20,34H,5-8,10-11,13-15H2,1-4H3,(H2,29,30,31,33). The van der Waals surface area contributed by atoms with E-state index in [1.165, 1.54) is 0 Å². The maximum Gasteiger partial charge on any atom is 0.225 e. The van der Waals surface area contributed by atoms with Crippen molar-refractivity contribution in [2.45, 2.75) is 90.3 Å². The average molecular weight is 511 g/mol. The first kappa shape index (κ1) is 25.3. The van der Waals surface area contributed by atoms with Gasteiger partial charge in [0.25, 0.3) is 0 Å². The molecule has 3 N–H and O–H groups in total. The zero-order chi connectivity index (χ0) is 25.3. The maximum absolute atomic E-state index is 11.1. The second-order valence-corrected chi connectivity index (χ2v) is 11.3. The molecule has 2 fully saturated rings. The van der Waals surface area contributed by atoms with Crippen molar-refractivity contribution in [2.75, 3.05) is 23.8 Å². The van der Waals surface area contributed by atoms with Gasteiger partial charge in [-0.1, -0.05) is 13.8 Å². The number of fused-ring (bicyclic) bond motifs is 1. The normalized spacial score (nSPS) is 21.2. The lowest BCUT2D eigenvalue weighted by Gasteiger charge is -2.32. The van der Waals surface area contributed by atoms with Gasteiger partial charge in [-0.2, -0.15) is 4.98 Å². The molecule has 1 saturated heterocycles. The van der Waals surface area contributed by atoms with E-state index in [9.17, 15) is 5.11 Å². The first-order valence-corrected chi connectivity index (χ1v) is 14.2. The van der Waals surface area contributed by atoms with Gasteiger partial charge in [-0.15, -0.1) is 11.3 Å². The number of ether oxygens (including phenoxy) is 1. The molecule has 5 rings (SSSR count). The molecule has 3 aromatic heterocycles. The second-order valence-electron chi connectivity index (χ2n) is 10.3. The number of aryl methyl sites for hydroxylation is 2. The Bertz CT molecular complexity index is 1200. The fourth-order valence-electron chi connectivity index (χ4n) is 5.73. The van der Waals surface area contributed by atoms with Gasteiger partial charge in [-0.25, -0.2) is 9.97 Å². The molecule has 0 bridgehead atoms. The van der Waals surface area contributed by atoms with E-state index in [0.29, 0.717) is 17.9 Å². The minimum absolute atomic E-state index is 0.251. The van der Waals surface area contributed by atoms with Gasteiger partial charge in [0, 0.05) is 31.5 Å². The Morgan fingerprint density at radius 3 is 2.50 bits per heavy atom. The largest absolute Gasteiger partial charge is 0.390 e. The van der Waals surface area contributed by atoms with Crippen molar-refractivity contribution in [3.63, 3.8) is 0 Å². The Morgan fingerprint density at radius 2 is 1.78 bits per heavy atom. The minimum atomic E-state index is -0.589. The van der Waals surface area contributed by atoms with Gasteiger partial charge in [0.1, 0.15) is 16.3 Å². The molecular formula is C27H38N6O2S. The second kappa shape index (κ2) is 10.6. The van der Waals surface area contributed by atoms with Crippen molar-refractivity contribution in [3.8, 4) is 10.6 Å². The van der Waals surface area contributed by atoms with Crippen molar-refractivity contribution < 1.29 is 9.84 Å². The highest BCUT2D eigenvalue weighted by Gasteiger charge is 2.39. The summed E-state index contributed by atoms with van der Waals surface area (Å²) < 4.78 is 6.63. The summed E-state index contributed by atoms with van der Waals surface area (Å²) >= 11 is 1.66. The van der Waals surface area contributed by atoms with Crippen LogP contribution >= 0.6 is 11.3 Å². The fourth-order valence-corrected chi connectivity index (χ4v) is 6.84. The van der Waals surface area contributed by atoms with E-state index in [-0.39, 0.29) is 6.04 Å². The third kappa shape index (κ3) is 5.06. The maximum atomic E-state index is 11.1. The molecule has 0 spiro atoms. The van der Waals surface area contributed by atoms with E-state index in [4.69, 9.17) is 19.7 Å². The molecule has 8 nitrogen and oxygen atoms in total. The van der Waals surface area contributed by atoms with Crippen LogP contribution in [-0.4, -0.2) is 55.9 Å². The quantitative estimate of drug-likeness (QED) is 0.365. The minimum Gasteiger partial charge on any atom is -0.390 e. The number of hydrogen-bond acceptors (Lipinski definition) is 9. The number of aliphatic hydroxyl groups is 1. The monoisotopic (exact) mass is 510 g/mol. The lowest BCUT2D eigenvalue weighted by atomic mass is 9.81. The van der Waals surface area contributed by atoms with Gasteiger partial charge in [0.2, 0.25) is 5.95 Å². The fraction of sp³-hybridized carbons (Fsp3) is 0.630. The van der Waals surface area contributed by atoms with Crippen LogP contribution < -0.4 is 10.6 Å². The molecule has 1 aliphatic heterocycles. The first-order valence-electron chi connectivity index (χ1n) is 13.3. The van der Waals surface area contributed by atoms with Gasteiger partial charge in [-0.3, -0.25) is 4.98 Å². The third-order valence-corrected chi connectivity index (χ3v) is 9.14. The molecule has 194 valence electrons. The number of thiazole rings is 1. The molecule has 1 aliphatic carbocycles. The van der Waals surface area contributed by atoms with E-state index in [2.05, 4.69) is 29.5 Å². The summed E-state index contributed by atoms with van der Waals surface area (Å²) in [7, 11) is 0. The van der Waals surface area contributed by atoms with Gasteiger partial charge in [0.05, 0.1) is 27.3 Å². The number of anilines is 2. The topological polar surface area (TPSA) is 105 Å². The number of rotatable bonds is 8. The van der Waals surface area contributed by atoms with Gasteiger partial charge in [0.15, 0.2) is 0 Å². The van der Waals surface area contributed by atoms with Crippen molar-refractivity contribution in [2.24, 2.45) is 5.92 Å². The van der Waals surface area contributed by atoms with Crippen LogP contribution in [0.5, 0.6) is 0 Å². The lowest BCUT2D eigenvalue weighted by Crippen LogP contribution is -2.36. The summed E-state index contributed by atoms with van der Waals surface area (Å²) in [5.41, 5.74) is 3.13. The molecule has 2 aliphatic rings. The summed E-state index contributed by atoms with van der Waals surface area (Å²) in [6.07, 6.45) is 8.29. The summed E-state index contributed by atoms with van der Waals surface area (Å²) in [5, 5.41) is 19.3. The van der Waals surface area contributed by atoms with Crippen molar-refractivity contribution in [1.82, 2.24) is 19.9 Å². The van der Waals surface area contributed by atoms with E-state index in [1.807, 2.05) is 26.1 Å². The first-order chi connectivity index (χ1) is 17.4. The number of aromatic nitrogens is 4. The Labute approximate surface area is 217 Å². The van der Waals surface area contributed by atoms with Crippen LogP contribution in [0.3, 0.4) is 0 Å². The van der Waals surface area contributed by atoms with Gasteiger partial charge in [-0.05, 0) is 70.8 Å². The molecule has 1 saturated carbocycles. The SMILES string of the molecule is CCC(O)(CC)C1CCC(Nc2nc(NC3CCOCC3)nc(C)c2-c2nc3c(C)nccc3s2)C1. The zero-order valence-electron chi connectivity index (χ0n) is 21.8. The summed E-state index contributed by atoms with van der Waals surface area (Å²) in [6.45, 7) is 9.75. The Kier molecular flexibility index (Phi) is 7.42. The highest BCUT2D eigenvalue weighted by Crippen LogP contribution is 2.41. The van der Waals surface area contributed by atoms with Crippen LogP contribution in [0, 0.1) is 19.8 Å². The van der Waals surface area contributed by atoms with Crippen LogP contribution in [0.15, 0.2) is 12.3 Å². The van der Waals surface area contributed by atoms with Gasteiger partial charge < -0.3 is 20.5 Å². The van der Waals surface area contributed by atoms with Crippen LogP contribution in [0.1, 0.15) is 70.2 Å². The smallest absolute Gasteiger partial charge is 0.225 e. The number of nitrogens with one attached hydrogen (secondary N) is 2. The van der Waals surface area contributed by atoms with Crippen molar-refractivity contribution >= 4 is 33.3 Å². The van der Waals surface area contributed by atoms with Crippen LogP contribution in [0.4, 0.5) is 11.8 Å². The molecule has 2 unspecified atom stereocenters. The predicted octanol–water partition coefficient (Wildman–Crippen LogP) is 5.49. The molecule has 0 aromatic carbocycles. The highest BCUT2D eigenvalue weighted by atomic mass is 32.1. The molecule has 9 heteroatoms. The van der Waals surface area contributed by atoms with Crippen molar-refractivity contribution in [1.29, 1.82) is 0 Å². The van der Waals surface area contributed by atoms with E-state index < -0.39 is 5.60 Å². The Hall–Kier alpha value is -2.36. The summed E-state index contributed by atoms with van der Waals surface area (Å²) in [6, 6.07) is 2.58. The predicted molar refractivity (Wildman–Crippen MR) is 146 cm³/mol. The molecular weight excluding hydrogens is 472 g/mol. The number of pyridine rings is 1. The Morgan fingerprint density at radius 1 is 1.00 bits per heavy atom. The van der Waals surface area contributed by atoms with Crippen molar-refractivity contribution in [3.05, 3.63) is 23.7 Å². The molecule has 2 atom stereocenters. The molecule has 0 radical (unpaired) electrons. The molecule has 36 heavy (non-hydrogen) atoms. The molecule has 0 amide bonds. The highest BCUT2D eigenvalue weighted by molar-refractivity contribution is 7.21. The molecule has 4 heterocycles. The lowest BCUT2D eigenvalue weighted by molar-refractivity contribution is -0.0236. The van der Waals surface area contributed by atoms with Crippen LogP contribution in [0.2, 0.25) is 0 Å². The number of hydrogen-bond donors (Lipinski definition) is 3. The average Bonchev–Trinajstić information content (AvgIpc) is 3.52. The summed E-state index contributed by atoms with van der Waals surface area (Å²) in [4.78, 5) is 19.2. The molecule has 3 aromatic rings. The zero-order valence-corrected chi connectivity index (χ0v) is 22.6. The van der Waals surface area contributed by atoms with Crippen LogP contribution in [0.25, 0.3) is 20.8 Å². The van der Waals surface area contributed by atoms with Crippen LogP contribution in [-0.2, 0) is 4.74 Å². The Balaban J connectivity index is 1.48.